The van der Waals surface area contributed by atoms with E-state index in [1.165, 1.54) is 13.0 Å². The van der Waals surface area contributed by atoms with Crippen molar-refractivity contribution >= 4 is 5.96 Å². The van der Waals surface area contributed by atoms with E-state index < -0.39 is 0 Å². The molecule has 0 aliphatic carbocycles. The first-order chi connectivity index (χ1) is 13.2. The van der Waals surface area contributed by atoms with E-state index >= 15 is 0 Å². The van der Waals surface area contributed by atoms with Crippen LogP contribution in [0.5, 0.6) is 0 Å². The van der Waals surface area contributed by atoms with E-state index in [2.05, 4.69) is 40.8 Å². The van der Waals surface area contributed by atoms with Gasteiger partial charge in [-0.15, -0.1) is 0 Å². The fraction of sp³-hybridized carbons (Fsp3) is 0.950. The van der Waals surface area contributed by atoms with Gasteiger partial charge in [-0.1, -0.05) is 0 Å². The van der Waals surface area contributed by atoms with Crippen LogP contribution < -0.4 is 5.32 Å². The molecular weight excluding hydrogens is 342 g/mol. The molecule has 3 heterocycles. The van der Waals surface area contributed by atoms with Crippen LogP contribution in [-0.4, -0.2) is 112 Å². The Balaban J connectivity index is 1.50. The molecule has 3 unspecified atom stereocenters. The van der Waals surface area contributed by atoms with Gasteiger partial charge in [0.25, 0.3) is 0 Å². The summed E-state index contributed by atoms with van der Waals surface area (Å²) < 4.78 is 11.0. The van der Waals surface area contributed by atoms with Gasteiger partial charge in [0.15, 0.2) is 5.96 Å². The third kappa shape index (κ3) is 6.04. The molecule has 27 heavy (non-hydrogen) atoms. The van der Waals surface area contributed by atoms with Gasteiger partial charge in [0.2, 0.25) is 0 Å². The molecule has 1 N–H and O–H groups in total. The van der Waals surface area contributed by atoms with E-state index in [1.807, 2.05) is 0 Å². The lowest BCUT2D eigenvalue weighted by atomic mass is 10.1. The second kappa shape index (κ2) is 10.6. The fourth-order valence-electron chi connectivity index (χ4n) is 4.47. The molecule has 3 rings (SSSR count). The molecule has 156 valence electrons. The van der Waals surface area contributed by atoms with Crippen molar-refractivity contribution in [2.24, 2.45) is 10.9 Å². The SMILES string of the molecule is CCNC(=NCC(C)N1CCOCC1C)N1CCC(CN2CCOCC2)C1. The molecule has 0 radical (unpaired) electrons. The minimum absolute atomic E-state index is 0.448. The summed E-state index contributed by atoms with van der Waals surface area (Å²) >= 11 is 0. The maximum atomic E-state index is 5.57. The van der Waals surface area contributed by atoms with Crippen molar-refractivity contribution in [1.29, 1.82) is 0 Å². The van der Waals surface area contributed by atoms with Crippen LogP contribution >= 0.6 is 0 Å². The molecule has 3 aliphatic heterocycles. The first kappa shape index (κ1) is 20.8. The summed E-state index contributed by atoms with van der Waals surface area (Å²) in [6.07, 6.45) is 1.26. The molecule has 0 amide bonds. The van der Waals surface area contributed by atoms with Gasteiger partial charge in [-0.2, -0.15) is 0 Å². The molecule has 0 aromatic rings. The lowest BCUT2D eigenvalue weighted by Gasteiger charge is -2.37. The van der Waals surface area contributed by atoms with Gasteiger partial charge in [0.1, 0.15) is 0 Å². The molecule has 3 atom stereocenters. The maximum absolute atomic E-state index is 5.57. The van der Waals surface area contributed by atoms with Crippen LogP contribution in [0.1, 0.15) is 27.2 Å². The van der Waals surface area contributed by atoms with Crippen molar-refractivity contribution < 1.29 is 9.47 Å². The molecule has 0 spiro atoms. The van der Waals surface area contributed by atoms with E-state index in [-0.39, 0.29) is 0 Å². The van der Waals surface area contributed by atoms with E-state index in [9.17, 15) is 0 Å². The highest BCUT2D eigenvalue weighted by molar-refractivity contribution is 5.80. The van der Waals surface area contributed by atoms with Crippen molar-refractivity contribution in [2.75, 3.05) is 78.8 Å². The quantitative estimate of drug-likeness (QED) is 0.540. The van der Waals surface area contributed by atoms with E-state index in [0.717, 1.165) is 84.1 Å². The van der Waals surface area contributed by atoms with Gasteiger partial charge in [0.05, 0.1) is 33.0 Å². The monoisotopic (exact) mass is 381 g/mol. The number of nitrogens with one attached hydrogen (secondary N) is 1. The Bertz CT molecular complexity index is 469. The number of aliphatic imine (C=N–C) groups is 1. The minimum atomic E-state index is 0.448. The zero-order chi connectivity index (χ0) is 19.1. The maximum Gasteiger partial charge on any atom is 0.193 e. The van der Waals surface area contributed by atoms with E-state index in [4.69, 9.17) is 14.5 Å². The predicted octanol–water partition coefficient (Wildman–Crippen LogP) is 0.715. The van der Waals surface area contributed by atoms with Crippen molar-refractivity contribution in [2.45, 2.75) is 39.3 Å². The molecule has 7 heteroatoms. The largest absolute Gasteiger partial charge is 0.379 e. The van der Waals surface area contributed by atoms with Crippen LogP contribution in [0.2, 0.25) is 0 Å². The molecule has 3 saturated heterocycles. The molecule has 0 bridgehead atoms. The normalized spacial score (nSPS) is 29.9. The average Bonchev–Trinajstić information content (AvgIpc) is 3.14. The van der Waals surface area contributed by atoms with Crippen LogP contribution in [0.3, 0.4) is 0 Å². The van der Waals surface area contributed by atoms with E-state index in [0.29, 0.717) is 12.1 Å². The average molecular weight is 382 g/mol. The summed E-state index contributed by atoms with van der Waals surface area (Å²) in [5.74, 6) is 1.83. The third-order valence-corrected chi connectivity index (χ3v) is 6.03. The van der Waals surface area contributed by atoms with Crippen LogP contribution in [0, 0.1) is 5.92 Å². The molecular formula is C20H39N5O2. The Morgan fingerprint density at radius 1 is 1.15 bits per heavy atom. The van der Waals surface area contributed by atoms with E-state index in [1.54, 1.807) is 0 Å². The molecule has 0 saturated carbocycles. The molecule has 3 fully saturated rings. The second-order valence-corrected chi connectivity index (χ2v) is 8.22. The highest BCUT2D eigenvalue weighted by Crippen LogP contribution is 2.18. The summed E-state index contributed by atoms with van der Waals surface area (Å²) in [6.45, 7) is 18.5. The Labute approximate surface area is 165 Å². The number of ether oxygens (including phenoxy) is 2. The molecule has 3 aliphatic rings. The minimum Gasteiger partial charge on any atom is -0.379 e. The number of morpholine rings is 2. The zero-order valence-electron chi connectivity index (χ0n) is 17.5. The van der Waals surface area contributed by atoms with Gasteiger partial charge >= 0.3 is 0 Å². The summed E-state index contributed by atoms with van der Waals surface area (Å²) in [6, 6.07) is 0.931. The first-order valence-electron chi connectivity index (χ1n) is 10.8. The van der Waals surface area contributed by atoms with Crippen molar-refractivity contribution in [3.63, 3.8) is 0 Å². The van der Waals surface area contributed by atoms with Crippen LogP contribution in [0.15, 0.2) is 4.99 Å². The Kier molecular flexibility index (Phi) is 8.18. The topological polar surface area (TPSA) is 52.6 Å². The predicted molar refractivity (Wildman–Crippen MR) is 109 cm³/mol. The highest BCUT2D eigenvalue weighted by Gasteiger charge is 2.28. The first-order valence-corrected chi connectivity index (χ1v) is 10.8. The molecule has 7 nitrogen and oxygen atoms in total. The second-order valence-electron chi connectivity index (χ2n) is 8.22. The summed E-state index contributed by atoms with van der Waals surface area (Å²) in [4.78, 5) is 12.6. The number of hydrogen-bond acceptors (Lipinski definition) is 5. The zero-order valence-corrected chi connectivity index (χ0v) is 17.5. The number of nitrogens with zero attached hydrogens (tertiary/aromatic N) is 4. The summed E-state index contributed by atoms with van der Waals surface area (Å²) in [5, 5.41) is 3.52. The number of guanidine groups is 1. The van der Waals surface area contributed by atoms with Crippen LogP contribution in [0.4, 0.5) is 0 Å². The lowest BCUT2D eigenvalue weighted by molar-refractivity contribution is -0.0166. The standard InChI is InChI=1S/C20H39N5O2/c1-4-21-20(22-13-17(2)25-9-12-27-16-18(25)3)24-6-5-19(15-24)14-23-7-10-26-11-8-23/h17-19H,4-16H2,1-3H3,(H,21,22). The summed E-state index contributed by atoms with van der Waals surface area (Å²) in [5.41, 5.74) is 0. The number of likely N-dealkylation sites (tertiary alicyclic amines) is 1. The van der Waals surface area contributed by atoms with Crippen molar-refractivity contribution in [1.82, 2.24) is 20.0 Å². The van der Waals surface area contributed by atoms with Gasteiger partial charge in [-0.3, -0.25) is 14.8 Å². The smallest absolute Gasteiger partial charge is 0.193 e. The number of rotatable bonds is 6. The van der Waals surface area contributed by atoms with Crippen LogP contribution in [-0.2, 0) is 9.47 Å². The third-order valence-electron chi connectivity index (χ3n) is 6.03. The van der Waals surface area contributed by atoms with Gasteiger partial charge in [0, 0.05) is 57.9 Å². The van der Waals surface area contributed by atoms with Gasteiger partial charge < -0.3 is 19.7 Å². The van der Waals surface area contributed by atoms with Gasteiger partial charge in [-0.25, -0.2) is 0 Å². The number of hydrogen-bond donors (Lipinski definition) is 1. The van der Waals surface area contributed by atoms with Crippen molar-refractivity contribution in [3.8, 4) is 0 Å². The molecule has 0 aromatic carbocycles. The highest BCUT2D eigenvalue weighted by atomic mass is 16.5. The lowest BCUT2D eigenvalue weighted by Crippen LogP contribution is -2.49. The summed E-state index contributed by atoms with van der Waals surface area (Å²) in [7, 11) is 0. The Morgan fingerprint density at radius 2 is 1.93 bits per heavy atom. The van der Waals surface area contributed by atoms with Crippen molar-refractivity contribution in [3.05, 3.63) is 0 Å². The Morgan fingerprint density at radius 3 is 2.67 bits per heavy atom. The Hall–Kier alpha value is -0.890. The van der Waals surface area contributed by atoms with Crippen LogP contribution in [0.25, 0.3) is 0 Å². The fourth-order valence-corrected chi connectivity index (χ4v) is 4.47. The molecule has 0 aromatic heterocycles. The van der Waals surface area contributed by atoms with Gasteiger partial charge in [-0.05, 0) is 33.1 Å².